The van der Waals surface area contributed by atoms with Gasteiger partial charge in [0.25, 0.3) is 0 Å². The third-order valence-electron chi connectivity index (χ3n) is 2.50. The molecule has 0 spiro atoms. The average molecular weight is 247 g/mol. The minimum absolute atomic E-state index is 0.0361. The number of pyridine rings is 1. The van der Waals surface area contributed by atoms with Crippen molar-refractivity contribution in [2.24, 2.45) is 0 Å². The molecule has 2 aromatic heterocycles. The Morgan fingerprint density at radius 2 is 2.18 bits per heavy atom. The van der Waals surface area contributed by atoms with Crippen molar-refractivity contribution < 1.29 is 4.79 Å². The smallest absolute Gasteiger partial charge is 0.164 e. The van der Waals surface area contributed by atoms with Crippen LogP contribution in [0.2, 0.25) is 0 Å². The maximum Gasteiger partial charge on any atom is 0.164 e. The molecular formula is C12H13N3OS. The fraction of sp³-hybridized carbons (Fsp3) is 0.250. The summed E-state index contributed by atoms with van der Waals surface area (Å²) < 4.78 is 1.71. The number of ketones is 1. The van der Waals surface area contributed by atoms with Crippen LogP contribution in [0.3, 0.4) is 0 Å². The van der Waals surface area contributed by atoms with Crippen molar-refractivity contribution in [1.82, 2.24) is 14.8 Å². The highest BCUT2D eigenvalue weighted by atomic mass is 32.2. The molecule has 0 aliphatic rings. The van der Waals surface area contributed by atoms with Gasteiger partial charge in [0.15, 0.2) is 11.6 Å². The zero-order chi connectivity index (χ0) is 12.4. The molecule has 2 rings (SSSR count). The van der Waals surface area contributed by atoms with Crippen LogP contribution < -0.4 is 0 Å². The lowest BCUT2D eigenvalue weighted by atomic mass is 10.2. The zero-order valence-electron chi connectivity index (χ0n) is 9.97. The van der Waals surface area contributed by atoms with Crippen LogP contribution in [-0.4, -0.2) is 26.8 Å². The zero-order valence-corrected chi connectivity index (χ0v) is 10.8. The van der Waals surface area contributed by atoms with Gasteiger partial charge < -0.3 is 0 Å². The van der Waals surface area contributed by atoms with Crippen molar-refractivity contribution in [2.45, 2.75) is 18.9 Å². The van der Waals surface area contributed by atoms with E-state index >= 15 is 0 Å². The molecule has 0 saturated heterocycles. The number of thioether (sulfide) groups is 1. The van der Waals surface area contributed by atoms with E-state index in [1.165, 1.54) is 11.8 Å². The minimum atomic E-state index is 0.0361. The number of carbonyl (C=O) groups is 1. The second-order valence-corrected chi connectivity index (χ2v) is 4.42. The summed E-state index contributed by atoms with van der Waals surface area (Å²) in [5.74, 6) is 0.766. The van der Waals surface area contributed by atoms with Crippen molar-refractivity contribution in [1.29, 1.82) is 0 Å². The van der Waals surface area contributed by atoms with Gasteiger partial charge >= 0.3 is 0 Å². The van der Waals surface area contributed by atoms with E-state index in [9.17, 15) is 4.79 Å². The van der Waals surface area contributed by atoms with Crippen LogP contribution >= 0.6 is 11.8 Å². The fourth-order valence-corrected chi connectivity index (χ4v) is 2.39. The van der Waals surface area contributed by atoms with Gasteiger partial charge in [0.05, 0.1) is 11.3 Å². The van der Waals surface area contributed by atoms with Crippen LogP contribution in [-0.2, 0) is 0 Å². The van der Waals surface area contributed by atoms with Crippen LogP contribution in [0.25, 0.3) is 5.82 Å². The molecule has 0 aromatic carbocycles. The van der Waals surface area contributed by atoms with E-state index in [1.54, 1.807) is 17.8 Å². The standard InChI is InChI=1S/C12H13N3OS/c1-8-11(9(2)16)12(17-3)14-15(8)10-6-4-5-7-13-10/h4-7H,1-3H3. The molecule has 88 valence electrons. The predicted octanol–water partition coefficient (Wildman–Crippen LogP) is 2.50. The van der Waals surface area contributed by atoms with Crippen LogP contribution in [0, 0.1) is 6.92 Å². The molecule has 0 saturated carbocycles. The van der Waals surface area contributed by atoms with E-state index in [4.69, 9.17) is 0 Å². The van der Waals surface area contributed by atoms with Gasteiger partial charge in [0.2, 0.25) is 0 Å². The van der Waals surface area contributed by atoms with Gasteiger partial charge in [-0.25, -0.2) is 9.67 Å². The van der Waals surface area contributed by atoms with Crippen molar-refractivity contribution in [3.63, 3.8) is 0 Å². The number of carbonyl (C=O) groups excluding carboxylic acids is 1. The number of nitrogens with zero attached hydrogens (tertiary/aromatic N) is 3. The first-order valence-corrected chi connectivity index (χ1v) is 6.43. The molecule has 0 bridgehead atoms. The Morgan fingerprint density at radius 3 is 2.65 bits per heavy atom. The third-order valence-corrected chi connectivity index (χ3v) is 3.17. The number of aromatic nitrogens is 3. The van der Waals surface area contributed by atoms with Gasteiger partial charge in [-0.3, -0.25) is 4.79 Å². The average Bonchev–Trinajstić information content (AvgIpc) is 2.67. The van der Waals surface area contributed by atoms with Crippen molar-refractivity contribution in [3.05, 3.63) is 35.7 Å². The molecule has 0 N–H and O–H groups in total. The van der Waals surface area contributed by atoms with Gasteiger partial charge in [0.1, 0.15) is 5.03 Å². The summed E-state index contributed by atoms with van der Waals surface area (Å²) in [6.45, 7) is 3.45. The minimum Gasteiger partial charge on any atom is -0.294 e. The van der Waals surface area contributed by atoms with Crippen molar-refractivity contribution in [3.8, 4) is 5.82 Å². The summed E-state index contributed by atoms with van der Waals surface area (Å²) in [4.78, 5) is 15.8. The molecule has 0 unspecified atom stereocenters. The first-order valence-electron chi connectivity index (χ1n) is 5.21. The summed E-state index contributed by atoms with van der Waals surface area (Å²) in [5.41, 5.74) is 1.52. The lowest BCUT2D eigenvalue weighted by Crippen LogP contribution is -2.02. The quantitative estimate of drug-likeness (QED) is 0.617. The lowest BCUT2D eigenvalue weighted by Gasteiger charge is -2.02. The van der Waals surface area contributed by atoms with Gasteiger partial charge in [0, 0.05) is 6.20 Å². The Morgan fingerprint density at radius 1 is 1.41 bits per heavy atom. The fourth-order valence-electron chi connectivity index (χ4n) is 1.73. The molecule has 17 heavy (non-hydrogen) atoms. The number of Topliss-reactive ketones (excluding diaryl/α,β-unsaturated/α-hetero) is 1. The highest BCUT2D eigenvalue weighted by Crippen LogP contribution is 2.24. The Bertz CT molecular complexity index is 548. The van der Waals surface area contributed by atoms with Crippen molar-refractivity contribution >= 4 is 17.5 Å². The van der Waals surface area contributed by atoms with Crippen LogP contribution in [0.4, 0.5) is 0 Å². The van der Waals surface area contributed by atoms with Crippen LogP contribution in [0.5, 0.6) is 0 Å². The SMILES string of the molecule is CSc1nn(-c2ccccn2)c(C)c1C(C)=O. The van der Waals surface area contributed by atoms with E-state index in [1.807, 2.05) is 31.4 Å². The molecule has 4 nitrogen and oxygen atoms in total. The Kier molecular flexibility index (Phi) is 3.28. The molecule has 2 aromatic rings. The summed E-state index contributed by atoms with van der Waals surface area (Å²) in [7, 11) is 0. The van der Waals surface area contributed by atoms with Gasteiger partial charge in [-0.1, -0.05) is 6.07 Å². The van der Waals surface area contributed by atoms with Gasteiger partial charge in [-0.15, -0.1) is 11.8 Å². The first kappa shape index (κ1) is 11.9. The molecule has 0 aliphatic heterocycles. The van der Waals surface area contributed by atoms with E-state index < -0.39 is 0 Å². The summed E-state index contributed by atoms with van der Waals surface area (Å²) in [5, 5.41) is 5.17. The summed E-state index contributed by atoms with van der Waals surface area (Å²) in [6, 6.07) is 5.62. The first-order chi connectivity index (χ1) is 8.15. The largest absolute Gasteiger partial charge is 0.294 e. The number of hydrogen-bond donors (Lipinski definition) is 0. The molecule has 0 fully saturated rings. The topological polar surface area (TPSA) is 47.8 Å². The van der Waals surface area contributed by atoms with Crippen LogP contribution in [0.15, 0.2) is 29.4 Å². The lowest BCUT2D eigenvalue weighted by molar-refractivity contribution is 0.101. The maximum atomic E-state index is 11.6. The van der Waals surface area contributed by atoms with E-state index in [2.05, 4.69) is 10.1 Å². The van der Waals surface area contributed by atoms with E-state index in [0.717, 1.165) is 16.5 Å². The number of hydrogen-bond acceptors (Lipinski definition) is 4. The molecule has 0 atom stereocenters. The molecule has 5 heteroatoms. The molecule has 2 heterocycles. The molecule has 0 aliphatic carbocycles. The van der Waals surface area contributed by atoms with Crippen LogP contribution in [0.1, 0.15) is 23.0 Å². The summed E-state index contributed by atoms with van der Waals surface area (Å²) in [6.07, 6.45) is 3.62. The second kappa shape index (κ2) is 4.71. The van der Waals surface area contributed by atoms with Gasteiger partial charge in [-0.2, -0.15) is 5.10 Å². The second-order valence-electron chi connectivity index (χ2n) is 3.63. The summed E-state index contributed by atoms with van der Waals surface area (Å²) >= 11 is 1.47. The molecule has 0 radical (unpaired) electrons. The monoisotopic (exact) mass is 247 g/mol. The Hall–Kier alpha value is -1.62. The highest BCUT2D eigenvalue weighted by Gasteiger charge is 2.18. The molecular weight excluding hydrogens is 234 g/mol. The van der Waals surface area contributed by atoms with Crippen molar-refractivity contribution in [2.75, 3.05) is 6.26 Å². The Labute approximate surface area is 104 Å². The number of rotatable bonds is 3. The third kappa shape index (κ3) is 2.10. The maximum absolute atomic E-state index is 11.6. The Balaban J connectivity index is 2.61. The van der Waals surface area contributed by atoms with E-state index in [0.29, 0.717) is 5.56 Å². The predicted molar refractivity (Wildman–Crippen MR) is 67.9 cm³/mol. The highest BCUT2D eigenvalue weighted by molar-refractivity contribution is 7.98. The molecule has 0 amide bonds. The van der Waals surface area contributed by atoms with Gasteiger partial charge in [-0.05, 0) is 32.2 Å². The van der Waals surface area contributed by atoms with E-state index in [-0.39, 0.29) is 5.78 Å². The normalized spacial score (nSPS) is 10.5.